The maximum atomic E-state index is 6.35. The van der Waals surface area contributed by atoms with E-state index >= 15 is 0 Å². The van der Waals surface area contributed by atoms with E-state index in [0.717, 1.165) is 23.7 Å². The van der Waals surface area contributed by atoms with E-state index in [1.165, 1.54) is 24.9 Å². The molecule has 1 heterocycles. The van der Waals surface area contributed by atoms with E-state index in [0.29, 0.717) is 12.1 Å². The Morgan fingerprint density at radius 3 is 3.00 bits per heavy atom. The van der Waals surface area contributed by atoms with Crippen LogP contribution in [0.5, 0.6) is 0 Å². The largest absolute Gasteiger partial charge is 0.374 e. The summed E-state index contributed by atoms with van der Waals surface area (Å²) < 4.78 is 5.85. The highest BCUT2D eigenvalue weighted by atomic mass is 35.5. The number of ether oxygens (including phenoxy) is 1. The quantitative estimate of drug-likeness (QED) is 0.905. The number of halogens is 1. The first-order chi connectivity index (χ1) is 9.16. The number of hydrogen-bond donors (Lipinski definition) is 1. The Morgan fingerprint density at radius 2 is 2.26 bits per heavy atom. The van der Waals surface area contributed by atoms with Crippen molar-refractivity contribution in [1.29, 1.82) is 0 Å². The number of nitrogens with two attached hydrogens (primary N) is 1. The molecule has 3 atom stereocenters. The number of benzene rings is 1. The maximum absolute atomic E-state index is 6.35. The maximum Gasteiger partial charge on any atom is 0.0779 e. The number of rotatable bonds is 2. The molecule has 0 spiro atoms. The molecular weight excluding hydrogens is 260 g/mol. The van der Waals surface area contributed by atoms with Gasteiger partial charge in [0.2, 0.25) is 0 Å². The molecule has 2 fully saturated rings. The van der Waals surface area contributed by atoms with E-state index in [2.05, 4.69) is 23.1 Å². The average Bonchev–Trinajstić information content (AvgIpc) is 2.86. The van der Waals surface area contributed by atoms with Crippen molar-refractivity contribution in [2.75, 3.05) is 18.1 Å². The number of morpholine rings is 1. The van der Waals surface area contributed by atoms with E-state index in [4.69, 9.17) is 22.1 Å². The topological polar surface area (TPSA) is 38.5 Å². The third-order valence-corrected chi connectivity index (χ3v) is 4.62. The van der Waals surface area contributed by atoms with E-state index in [-0.39, 0.29) is 6.04 Å². The van der Waals surface area contributed by atoms with Crippen LogP contribution in [0.3, 0.4) is 0 Å². The third kappa shape index (κ3) is 2.47. The zero-order valence-electron chi connectivity index (χ0n) is 11.3. The molecule has 2 aliphatic rings. The molecule has 0 amide bonds. The van der Waals surface area contributed by atoms with Crippen molar-refractivity contribution in [3.8, 4) is 0 Å². The Kier molecular flexibility index (Phi) is 3.70. The fourth-order valence-corrected chi connectivity index (χ4v) is 3.66. The van der Waals surface area contributed by atoms with Crippen LogP contribution in [0.25, 0.3) is 0 Å². The fourth-order valence-electron chi connectivity index (χ4n) is 3.31. The fraction of sp³-hybridized carbons (Fsp3) is 0.600. The lowest BCUT2D eigenvalue weighted by Gasteiger charge is -2.39. The molecule has 3 rings (SSSR count). The predicted molar refractivity (Wildman–Crippen MR) is 78.8 cm³/mol. The molecule has 104 valence electrons. The second-order valence-corrected chi connectivity index (χ2v) is 6.00. The Labute approximate surface area is 119 Å². The molecule has 0 aromatic heterocycles. The molecule has 1 saturated carbocycles. The lowest BCUT2D eigenvalue weighted by Crippen LogP contribution is -2.48. The van der Waals surface area contributed by atoms with Crippen molar-refractivity contribution in [2.45, 2.75) is 44.4 Å². The van der Waals surface area contributed by atoms with Crippen LogP contribution in [-0.4, -0.2) is 25.3 Å². The Morgan fingerprint density at radius 1 is 1.42 bits per heavy atom. The highest BCUT2D eigenvalue weighted by Gasteiger charge is 2.36. The van der Waals surface area contributed by atoms with Crippen LogP contribution in [0.4, 0.5) is 5.69 Å². The Balaban J connectivity index is 1.87. The summed E-state index contributed by atoms with van der Waals surface area (Å²) in [7, 11) is 0. The minimum Gasteiger partial charge on any atom is -0.374 e. The number of anilines is 1. The van der Waals surface area contributed by atoms with Crippen LogP contribution in [0, 0.1) is 0 Å². The smallest absolute Gasteiger partial charge is 0.0779 e. The predicted octanol–water partition coefficient (Wildman–Crippen LogP) is 3.12. The molecular formula is C15H21ClN2O. The van der Waals surface area contributed by atoms with Gasteiger partial charge in [0.15, 0.2) is 0 Å². The molecule has 3 nitrogen and oxygen atoms in total. The van der Waals surface area contributed by atoms with Crippen molar-refractivity contribution in [1.82, 2.24) is 0 Å². The van der Waals surface area contributed by atoms with Crippen LogP contribution in [0.1, 0.15) is 37.8 Å². The number of hydrogen-bond acceptors (Lipinski definition) is 3. The van der Waals surface area contributed by atoms with Gasteiger partial charge in [0.25, 0.3) is 0 Å². The van der Waals surface area contributed by atoms with Gasteiger partial charge < -0.3 is 15.4 Å². The zero-order valence-corrected chi connectivity index (χ0v) is 12.1. The van der Waals surface area contributed by atoms with Gasteiger partial charge in [0.1, 0.15) is 0 Å². The summed E-state index contributed by atoms with van der Waals surface area (Å²) in [6.07, 6.45) is 4.07. The summed E-state index contributed by atoms with van der Waals surface area (Å²) in [4.78, 5) is 2.46. The normalized spacial score (nSPS) is 28.3. The van der Waals surface area contributed by atoms with E-state index in [1.807, 2.05) is 6.92 Å². The highest BCUT2D eigenvalue weighted by molar-refractivity contribution is 6.31. The van der Waals surface area contributed by atoms with Gasteiger partial charge in [-0.1, -0.05) is 17.7 Å². The summed E-state index contributed by atoms with van der Waals surface area (Å²) in [5.74, 6) is 0. The van der Waals surface area contributed by atoms with Gasteiger partial charge in [0.05, 0.1) is 18.8 Å². The Hall–Kier alpha value is -0.770. The minimum atomic E-state index is -0.0227. The van der Waals surface area contributed by atoms with Gasteiger partial charge in [-0.2, -0.15) is 0 Å². The first kappa shape index (κ1) is 13.2. The lowest BCUT2D eigenvalue weighted by atomic mass is 10.1. The first-order valence-corrected chi connectivity index (χ1v) is 7.48. The monoisotopic (exact) mass is 280 g/mol. The molecule has 1 aromatic rings. The minimum absolute atomic E-state index is 0.0227. The van der Waals surface area contributed by atoms with Gasteiger partial charge >= 0.3 is 0 Å². The summed E-state index contributed by atoms with van der Waals surface area (Å²) >= 11 is 6.35. The van der Waals surface area contributed by atoms with Crippen LogP contribution in [-0.2, 0) is 4.74 Å². The molecule has 1 aliphatic carbocycles. The van der Waals surface area contributed by atoms with Crippen molar-refractivity contribution in [3.63, 3.8) is 0 Å². The van der Waals surface area contributed by atoms with Crippen LogP contribution in [0.2, 0.25) is 5.02 Å². The lowest BCUT2D eigenvalue weighted by molar-refractivity contribution is 0.0256. The molecule has 1 aromatic carbocycles. The van der Waals surface area contributed by atoms with Gasteiger partial charge in [0, 0.05) is 23.3 Å². The van der Waals surface area contributed by atoms with E-state index in [1.54, 1.807) is 0 Å². The molecule has 0 bridgehead atoms. The van der Waals surface area contributed by atoms with Crippen molar-refractivity contribution in [2.24, 2.45) is 5.73 Å². The van der Waals surface area contributed by atoms with Gasteiger partial charge in [-0.15, -0.1) is 0 Å². The standard InChI is InChI=1S/C15H21ClN2O/c1-10(17)12-6-5-11(9-13(12)16)18-7-8-19-15-4-2-3-14(15)18/h5-6,9-10,14-15H,2-4,7-8,17H2,1H3. The van der Waals surface area contributed by atoms with Crippen molar-refractivity contribution in [3.05, 3.63) is 28.8 Å². The van der Waals surface area contributed by atoms with Crippen LogP contribution >= 0.6 is 11.6 Å². The van der Waals surface area contributed by atoms with Gasteiger partial charge in [-0.25, -0.2) is 0 Å². The van der Waals surface area contributed by atoms with E-state index < -0.39 is 0 Å². The van der Waals surface area contributed by atoms with Crippen molar-refractivity contribution >= 4 is 17.3 Å². The third-order valence-electron chi connectivity index (χ3n) is 4.29. The van der Waals surface area contributed by atoms with Crippen molar-refractivity contribution < 1.29 is 4.74 Å². The molecule has 2 N–H and O–H groups in total. The summed E-state index contributed by atoms with van der Waals surface area (Å²) in [6, 6.07) is 6.75. The van der Waals surface area contributed by atoms with E-state index in [9.17, 15) is 0 Å². The molecule has 1 saturated heterocycles. The zero-order chi connectivity index (χ0) is 13.4. The van der Waals surface area contributed by atoms with Gasteiger partial charge in [-0.05, 0) is 43.9 Å². The Bertz CT molecular complexity index is 463. The first-order valence-electron chi connectivity index (χ1n) is 7.10. The highest BCUT2D eigenvalue weighted by Crippen LogP contribution is 2.35. The number of nitrogens with zero attached hydrogens (tertiary/aromatic N) is 1. The molecule has 3 unspecified atom stereocenters. The molecule has 0 radical (unpaired) electrons. The summed E-state index contributed by atoms with van der Waals surface area (Å²) in [6.45, 7) is 3.73. The van der Waals surface area contributed by atoms with Crippen LogP contribution < -0.4 is 10.6 Å². The SMILES string of the molecule is CC(N)c1ccc(N2CCOC3CCCC32)cc1Cl. The molecule has 1 aliphatic heterocycles. The van der Waals surface area contributed by atoms with Crippen LogP contribution in [0.15, 0.2) is 18.2 Å². The second-order valence-electron chi connectivity index (χ2n) is 5.60. The number of fused-ring (bicyclic) bond motifs is 1. The second kappa shape index (κ2) is 5.31. The molecule has 4 heteroatoms. The average molecular weight is 281 g/mol. The summed E-state index contributed by atoms with van der Waals surface area (Å²) in [5.41, 5.74) is 8.13. The van der Waals surface area contributed by atoms with Gasteiger partial charge in [-0.3, -0.25) is 0 Å². The molecule has 19 heavy (non-hydrogen) atoms. The summed E-state index contributed by atoms with van der Waals surface area (Å²) in [5, 5.41) is 0.772.